The first kappa shape index (κ1) is 13.9. The summed E-state index contributed by atoms with van der Waals surface area (Å²) in [5, 5.41) is 3.15. The third-order valence-corrected chi connectivity index (χ3v) is 3.14. The van der Waals surface area contributed by atoms with Gasteiger partial charge in [0.05, 0.1) is 18.2 Å². The molecule has 4 heteroatoms. The van der Waals surface area contributed by atoms with Gasteiger partial charge in [-0.25, -0.2) is 0 Å². The number of hydrogen-bond acceptors (Lipinski definition) is 3. The molecule has 1 aromatic rings. The van der Waals surface area contributed by atoms with Crippen molar-refractivity contribution in [2.24, 2.45) is 0 Å². The fourth-order valence-electron chi connectivity index (χ4n) is 2.49. The van der Waals surface area contributed by atoms with Crippen LogP contribution in [0.1, 0.15) is 20.8 Å². The molecule has 2 rings (SSSR count). The molecule has 1 aliphatic rings. The van der Waals surface area contributed by atoms with Gasteiger partial charge in [0.15, 0.2) is 0 Å². The summed E-state index contributed by atoms with van der Waals surface area (Å²) in [6.07, 6.45) is 0.0874. The molecule has 4 nitrogen and oxygen atoms in total. The van der Waals surface area contributed by atoms with Crippen LogP contribution in [0.4, 0.5) is 5.69 Å². The second-order valence-corrected chi connectivity index (χ2v) is 5.68. The maximum absolute atomic E-state index is 12.2. The molecule has 0 radical (unpaired) electrons. The molecular formula is C15H22N2O2. The fourth-order valence-corrected chi connectivity index (χ4v) is 2.49. The van der Waals surface area contributed by atoms with E-state index in [0.29, 0.717) is 19.6 Å². The molecule has 0 saturated carbocycles. The van der Waals surface area contributed by atoms with Gasteiger partial charge in [-0.05, 0) is 32.9 Å². The topological polar surface area (TPSA) is 41.6 Å². The smallest absolute Gasteiger partial charge is 0.242 e. The summed E-state index contributed by atoms with van der Waals surface area (Å²) >= 11 is 0. The maximum Gasteiger partial charge on any atom is 0.242 e. The van der Waals surface area contributed by atoms with Gasteiger partial charge in [0.2, 0.25) is 5.91 Å². The van der Waals surface area contributed by atoms with E-state index >= 15 is 0 Å². The lowest BCUT2D eigenvalue weighted by molar-refractivity contribution is -0.156. The number of carbonyl (C=O) groups excluding carboxylic acids is 1. The van der Waals surface area contributed by atoms with Crippen LogP contribution in [0, 0.1) is 0 Å². The van der Waals surface area contributed by atoms with Gasteiger partial charge in [-0.3, -0.25) is 4.79 Å². The van der Waals surface area contributed by atoms with Crippen LogP contribution in [-0.4, -0.2) is 42.1 Å². The third kappa shape index (κ3) is 3.96. The zero-order valence-electron chi connectivity index (χ0n) is 11.8. The van der Waals surface area contributed by atoms with Gasteiger partial charge in [-0.1, -0.05) is 18.2 Å². The van der Waals surface area contributed by atoms with Gasteiger partial charge in [-0.2, -0.15) is 0 Å². The van der Waals surface area contributed by atoms with Crippen molar-refractivity contribution >= 4 is 11.6 Å². The minimum Gasteiger partial charge on any atom is -0.376 e. The molecule has 0 aliphatic carbocycles. The molecule has 1 N–H and O–H groups in total. The summed E-state index contributed by atoms with van der Waals surface area (Å²) in [4.78, 5) is 14.1. The number of amides is 1. The molecule has 1 fully saturated rings. The lowest BCUT2D eigenvalue weighted by atomic mass is 10.1. The molecule has 104 valence electrons. The van der Waals surface area contributed by atoms with Crippen LogP contribution in [0.5, 0.6) is 0 Å². The average molecular weight is 262 g/mol. The van der Waals surface area contributed by atoms with Gasteiger partial charge < -0.3 is 15.0 Å². The summed E-state index contributed by atoms with van der Waals surface area (Å²) in [6, 6.07) is 9.77. The van der Waals surface area contributed by atoms with Gasteiger partial charge >= 0.3 is 0 Å². The van der Waals surface area contributed by atoms with E-state index in [4.69, 9.17) is 4.74 Å². The quantitative estimate of drug-likeness (QED) is 0.907. The van der Waals surface area contributed by atoms with Crippen molar-refractivity contribution < 1.29 is 9.53 Å². The Morgan fingerprint density at radius 3 is 2.74 bits per heavy atom. The Kier molecular flexibility index (Phi) is 4.10. The Morgan fingerprint density at radius 2 is 2.11 bits per heavy atom. The summed E-state index contributed by atoms with van der Waals surface area (Å²) in [7, 11) is 0. The van der Waals surface area contributed by atoms with Crippen LogP contribution in [0.15, 0.2) is 30.3 Å². The van der Waals surface area contributed by atoms with E-state index in [1.807, 2.05) is 56.0 Å². The molecule has 1 aliphatic heterocycles. The Bertz CT molecular complexity index is 431. The Labute approximate surface area is 114 Å². The van der Waals surface area contributed by atoms with E-state index in [1.54, 1.807) is 0 Å². The molecule has 1 saturated heterocycles. The largest absolute Gasteiger partial charge is 0.376 e. The highest BCUT2D eigenvalue weighted by molar-refractivity contribution is 5.81. The van der Waals surface area contributed by atoms with E-state index in [0.717, 1.165) is 5.69 Å². The second kappa shape index (κ2) is 5.61. The SMILES string of the molecule is CC1CN(C(=O)CNc2ccccc2)CC(C)(C)O1. The Morgan fingerprint density at radius 1 is 1.42 bits per heavy atom. The van der Waals surface area contributed by atoms with E-state index in [9.17, 15) is 4.79 Å². The van der Waals surface area contributed by atoms with Gasteiger partial charge in [0.1, 0.15) is 0 Å². The normalized spacial score (nSPS) is 22.1. The number of hydrogen-bond donors (Lipinski definition) is 1. The van der Waals surface area contributed by atoms with Gasteiger partial charge in [-0.15, -0.1) is 0 Å². The first-order chi connectivity index (χ1) is 8.96. The number of rotatable bonds is 3. The zero-order valence-corrected chi connectivity index (χ0v) is 11.8. The molecule has 19 heavy (non-hydrogen) atoms. The highest BCUT2D eigenvalue weighted by Crippen LogP contribution is 2.20. The van der Waals surface area contributed by atoms with Crippen LogP contribution in [0.25, 0.3) is 0 Å². The minimum atomic E-state index is -0.264. The molecule has 1 aromatic carbocycles. The molecule has 0 bridgehead atoms. The van der Waals surface area contributed by atoms with Crippen molar-refractivity contribution in [1.29, 1.82) is 0 Å². The van der Waals surface area contributed by atoms with Gasteiger partial charge in [0, 0.05) is 18.8 Å². The van der Waals surface area contributed by atoms with Crippen molar-refractivity contribution in [1.82, 2.24) is 4.90 Å². The Balaban J connectivity index is 1.89. The summed E-state index contributed by atoms with van der Waals surface area (Å²) in [6.45, 7) is 7.69. The minimum absolute atomic E-state index is 0.0874. The molecule has 1 heterocycles. The number of anilines is 1. The van der Waals surface area contributed by atoms with E-state index in [1.165, 1.54) is 0 Å². The van der Waals surface area contributed by atoms with Crippen molar-refractivity contribution in [3.8, 4) is 0 Å². The maximum atomic E-state index is 12.2. The summed E-state index contributed by atoms with van der Waals surface area (Å²) in [5.74, 6) is 0.118. The lowest BCUT2D eigenvalue weighted by Crippen LogP contribution is -2.54. The predicted molar refractivity (Wildman–Crippen MR) is 76.1 cm³/mol. The monoisotopic (exact) mass is 262 g/mol. The van der Waals surface area contributed by atoms with Crippen molar-refractivity contribution in [3.63, 3.8) is 0 Å². The van der Waals surface area contributed by atoms with Gasteiger partial charge in [0.25, 0.3) is 0 Å². The molecular weight excluding hydrogens is 240 g/mol. The lowest BCUT2D eigenvalue weighted by Gasteiger charge is -2.41. The first-order valence-electron chi connectivity index (χ1n) is 6.71. The third-order valence-electron chi connectivity index (χ3n) is 3.14. The molecule has 1 amide bonds. The molecule has 1 unspecified atom stereocenters. The standard InChI is InChI=1S/C15H22N2O2/c1-12-10-17(11-15(2,3)19-12)14(18)9-16-13-7-5-4-6-8-13/h4-8,12,16H,9-11H2,1-3H3. The number of carbonyl (C=O) groups is 1. The Hall–Kier alpha value is -1.55. The average Bonchev–Trinajstić information content (AvgIpc) is 2.34. The van der Waals surface area contributed by atoms with E-state index in [2.05, 4.69) is 5.32 Å². The second-order valence-electron chi connectivity index (χ2n) is 5.68. The zero-order chi connectivity index (χ0) is 13.9. The highest BCUT2D eigenvalue weighted by atomic mass is 16.5. The van der Waals surface area contributed by atoms with Crippen LogP contribution in [0.2, 0.25) is 0 Å². The number of morpholine rings is 1. The van der Waals surface area contributed by atoms with E-state index < -0.39 is 0 Å². The number of para-hydroxylation sites is 1. The van der Waals surface area contributed by atoms with Crippen LogP contribution >= 0.6 is 0 Å². The van der Waals surface area contributed by atoms with Crippen LogP contribution in [-0.2, 0) is 9.53 Å². The number of nitrogens with zero attached hydrogens (tertiary/aromatic N) is 1. The first-order valence-corrected chi connectivity index (χ1v) is 6.71. The van der Waals surface area contributed by atoms with Crippen molar-refractivity contribution in [3.05, 3.63) is 30.3 Å². The summed E-state index contributed by atoms with van der Waals surface area (Å²) in [5.41, 5.74) is 0.705. The van der Waals surface area contributed by atoms with Crippen molar-refractivity contribution in [2.75, 3.05) is 25.0 Å². The molecule has 0 aromatic heterocycles. The highest BCUT2D eigenvalue weighted by Gasteiger charge is 2.33. The van der Waals surface area contributed by atoms with Crippen molar-refractivity contribution in [2.45, 2.75) is 32.5 Å². The number of ether oxygens (including phenoxy) is 1. The summed E-state index contributed by atoms with van der Waals surface area (Å²) < 4.78 is 5.80. The fraction of sp³-hybridized carbons (Fsp3) is 0.533. The molecule has 0 spiro atoms. The number of nitrogens with one attached hydrogen (secondary N) is 1. The van der Waals surface area contributed by atoms with Crippen LogP contribution in [0.3, 0.4) is 0 Å². The van der Waals surface area contributed by atoms with Crippen LogP contribution < -0.4 is 5.32 Å². The predicted octanol–water partition coefficient (Wildman–Crippen LogP) is 2.12. The van der Waals surface area contributed by atoms with E-state index in [-0.39, 0.29) is 17.6 Å². The molecule has 1 atom stereocenters. The number of benzene rings is 1.